The molecule has 1 aromatic heterocycles. The standard InChI is InChI=1S/C18H19Cl2N3O3/c1-10-15(11(2)26-23-10)21-16(24)17(25)22-18(6-3-7-18)9-12-4-5-13(19)8-14(12)20/h4-5,8H,3,6-7,9H2,1-2H3,(H,21,24)(H,22,25). The van der Waals surface area contributed by atoms with Crippen LogP contribution in [0.15, 0.2) is 22.7 Å². The highest BCUT2D eigenvalue weighted by molar-refractivity contribution is 6.40. The topological polar surface area (TPSA) is 84.2 Å². The molecule has 2 aromatic rings. The Kier molecular flexibility index (Phi) is 5.25. The number of aromatic nitrogens is 1. The van der Waals surface area contributed by atoms with Gasteiger partial charge in [-0.05, 0) is 57.2 Å². The van der Waals surface area contributed by atoms with Gasteiger partial charge in [0.15, 0.2) is 5.76 Å². The van der Waals surface area contributed by atoms with Crippen LogP contribution in [-0.4, -0.2) is 22.5 Å². The van der Waals surface area contributed by atoms with Gasteiger partial charge in [0.25, 0.3) is 0 Å². The Hall–Kier alpha value is -2.05. The van der Waals surface area contributed by atoms with Crippen LogP contribution < -0.4 is 10.6 Å². The van der Waals surface area contributed by atoms with E-state index >= 15 is 0 Å². The fraction of sp³-hybridized carbons (Fsp3) is 0.389. The quantitative estimate of drug-likeness (QED) is 0.770. The summed E-state index contributed by atoms with van der Waals surface area (Å²) in [5, 5.41) is 10.3. The lowest BCUT2D eigenvalue weighted by atomic mass is 9.72. The first-order valence-electron chi connectivity index (χ1n) is 8.30. The van der Waals surface area contributed by atoms with Crippen molar-refractivity contribution in [1.82, 2.24) is 10.5 Å². The van der Waals surface area contributed by atoms with Crippen LogP contribution in [0, 0.1) is 13.8 Å². The van der Waals surface area contributed by atoms with Gasteiger partial charge < -0.3 is 15.2 Å². The number of aryl methyl sites for hydroxylation is 2. The molecule has 138 valence electrons. The molecule has 0 saturated heterocycles. The Bertz CT molecular complexity index is 840. The predicted octanol–water partition coefficient (Wildman–Crippen LogP) is 3.82. The first kappa shape index (κ1) is 18.7. The number of benzene rings is 1. The summed E-state index contributed by atoms with van der Waals surface area (Å²) >= 11 is 12.2. The lowest BCUT2D eigenvalue weighted by molar-refractivity contribution is -0.138. The summed E-state index contributed by atoms with van der Waals surface area (Å²) in [5.74, 6) is -0.974. The average molecular weight is 396 g/mol. The molecule has 0 aliphatic heterocycles. The Balaban J connectivity index is 1.69. The third kappa shape index (κ3) is 3.86. The summed E-state index contributed by atoms with van der Waals surface area (Å²) in [6.45, 7) is 3.36. The van der Waals surface area contributed by atoms with Crippen molar-refractivity contribution in [3.63, 3.8) is 0 Å². The molecule has 0 spiro atoms. The van der Waals surface area contributed by atoms with E-state index in [4.69, 9.17) is 27.7 Å². The molecule has 1 fully saturated rings. The van der Waals surface area contributed by atoms with E-state index in [1.165, 1.54) is 0 Å². The Labute approximate surface area is 161 Å². The second-order valence-corrected chi connectivity index (χ2v) is 7.50. The Morgan fingerprint density at radius 1 is 1.23 bits per heavy atom. The van der Waals surface area contributed by atoms with Gasteiger partial charge in [-0.3, -0.25) is 9.59 Å². The summed E-state index contributed by atoms with van der Waals surface area (Å²) in [6.07, 6.45) is 3.11. The number of carbonyl (C=O) groups excluding carboxylic acids is 2. The van der Waals surface area contributed by atoms with Gasteiger partial charge in [-0.2, -0.15) is 0 Å². The monoisotopic (exact) mass is 395 g/mol. The second-order valence-electron chi connectivity index (χ2n) is 6.65. The fourth-order valence-electron chi connectivity index (χ4n) is 3.11. The summed E-state index contributed by atoms with van der Waals surface area (Å²) in [6, 6.07) is 5.29. The van der Waals surface area contributed by atoms with E-state index in [1.807, 2.05) is 6.07 Å². The molecular weight excluding hydrogens is 377 g/mol. The molecule has 8 heteroatoms. The van der Waals surface area contributed by atoms with E-state index in [9.17, 15) is 9.59 Å². The molecule has 0 radical (unpaired) electrons. The smallest absolute Gasteiger partial charge is 0.313 e. The molecular formula is C18H19Cl2N3O3. The van der Waals surface area contributed by atoms with Crippen LogP contribution in [0.25, 0.3) is 0 Å². The van der Waals surface area contributed by atoms with Gasteiger partial charge in [-0.1, -0.05) is 34.4 Å². The summed E-state index contributed by atoms with van der Waals surface area (Å²) in [4.78, 5) is 24.7. The zero-order chi connectivity index (χ0) is 18.9. The molecule has 1 aliphatic rings. The van der Waals surface area contributed by atoms with Crippen LogP contribution >= 0.6 is 23.2 Å². The summed E-state index contributed by atoms with van der Waals surface area (Å²) in [5.41, 5.74) is 1.37. The Morgan fingerprint density at radius 3 is 2.50 bits per heavy atom. The van der Waals surface area contributed by atoms with Crippen LogP contribution in [0.5, 0.6) is 0 Å². The van der Waals surface area contributed by atoms with Crippen molar-refractivity contribution in [3.8, 4) is 0 Å². The second kappa shape index (κ2) is 7.29. The van der Waals surface area contributed by atoms with E-state index in [-0.39, 0.29) is 0 Å². The van der Waals surface area contributed by atoms with E-state index in [0.717, 1.165) is 24.8 Å². The number of anilines is 1. The van der Waals surface area contributed by atoms with E-state index < -0.39 is 17.4 Å². The van der Waals surface area contributed by atoms with Crippen LogP contribution in [0.3, 0.4) is 0 Å². The van der Waals surface area contributed by atoms with E-state index in [1.54, 1.807) is 26.0 Å². The zero-order valence-corrected chi connectivity index (χ0v) is 16.0. The van der Waals surface area contributed by atoms with E-state index in [2.05, 4.69) is 15.8 Å². The number of halogens is 2. The normalized spacial score (nSPS) is 15.2. The highest BCUT2D eigenvalue weighted by Crippen LogP contribution is 2.37. The maximum atomic E-state index is 12.4. The zero-order valence-electron chi connectivity index (χ0n) is 14.5. The molecule has 2 N–H and O–H groups in total. The third-order valence-electron chi connectivity index (χ3n) is 4.71. The van der Waals surface area contributed by atoms with Gasteiger partial charge >= 0.3 is 11.8 Å². The number of carbonyl (C=O) groups is 2. The number of hydrogen-bond acceptors (Lipinski definition) is 4. The van der Waals surface area contributed by atoms with Crippen LogP contribution in [-0.2, 0) is 16.0 Å². The Morgan fingerprint density at radius 2 is 1.96 bits per heavy atom. The van der Waals surface area contributed by atoms with Crippen LogP contribution in [0.4, 0.5) is 5.69 Å². The minimum Gasteiger partial charge on any atom is -0.359 e. The van der Waals surface area contributed by atoms with Gasteiger partial charge in [0.2, 0.25) is 0 Å². The van der Waals surface area contributed by atoms with Gasteiger partial charge in [-0.25, -0.2) is 0 Å². The van der Waals surface area contributed by atoms with Crippen molar-refractivity contribution in [1.29, 1.82) is 0 Å². The fourth-order valence-corrected chi connectivity index (χ4v) is 3.58. The molecule has 0 atom stereocenters. The van der Waals surface area contributed by atoms with Crippen molar-refractivity contribution >= 4 is 40.7 Å². The third-order valence-corrected chi connectivity index (χ3v) is 5.30. The van der Waals surface area contributed by atoms with Crippen LogP contribution in [0.1, 0.15) is 36.3 Å². The molecule has 0 bridgehead atoms. The lowest BCUT2D eigenvalue weighted by Gasteiger charge is -2.42. The molecule has 1 saturated carbocycles. The van der Waals surface area contributed by atoms with Crippen LogP contribution in [0.2, 0.25) is 10.0 Å². The number of hydrogen-bond donors (Lipinski definition) is 2. The van der Waals surface area contributed by atoms with Gasteiger partial charge in [0, 0.05) is 15.6 Å². The SMILES string of the molecule is Cc1noc(C)c1NC(=O)C(=O)NC1(Cc2ccc(Cl)cc2Cl)CCC1. The maximum absolute atomic E-state index is 12.4. The van der Waals surface area contributed by atoms with Crippen molar-refractivity contribution < 1.29 is 14.1 Å². The van der Waals surface area contributed by atoms with Gasteiger partial charge in [0.05, 0.1) is 0 Å². The molecule has 1 heterocycles. The van der Waals surface area contributed by atoms with Gasteiger partial charge in [0.1, 0.15) is 11.4 Å². The summed E-state index contributed by atoms with van der Waals surface area (Å²) in [7, 11) is 0. The average Bonchev–Trinajstić information content (AvgIpc) is 2.86. The minimum absolute atomic E-state index is 0.425. The molecule has 1 aromatic carbocycles. The molecule has 2 amide bonds. The first-order valence-corrected chi connectivity index (χ1v) is 9.05. The lowest BCUT2D eigenvalue weighted by Crippen LogP contribution is -2.57. The minimum atomic E-state index is -0.743. The summed E-state index contributed by atoms with van der Waals surface area (Å²) < 4.78 is 4.99. The number of nitrogens with zero attached hydrogens (tertiary/aromatic N) is 1. The maximum Gasteiger partial charge on any atom is 0.313 e. The van der Waals surface area contributed by atoms with Crippen molar-refractivity contribution in [3.05, 3.63) is 45.3 Å². The van der Waals surface area contributed by atoms with Crippen molar-refractivity contribution in [2.24, 2.45) is 0 Å². The van der Waals surface area contributed by atoms with Gasteiger partial charge in [-0.15, -0.1) is 0 Å². The first-order chi connectivity index (χ1) is 12.3. The molecule has 6 nitrogen and oxygen atoms in total. The highest BCUT2D eigenvalue weighted by Gasteiger charge is 2.40. The van der Waals surface area contributed by atoms with Crippen molar-refractivity contribution in [2.45, 2.75) is 45.1 Å². The largest absolute Gasteiger partial charge is 0.359 e. The number of nitrogens with one attached hydrogen (secondary N) is 2. The molecule has 26 heavy (non-hydrogen) atoms. The number of amides is 2. The predicted molar refractivity (Wildman–Crippen MR) is 99.5 cm³/mol. The molecule has 0 unspecified atom stereocenters. The molecule has 3 rings (SSSR count). The number of rotatable bonds is 4. The van der Waals surface area contributed by atoms with Crippen molar-refractivity contribution in [2.75, 3.05) is 5.32 Å². The van der Waals surface area contributed by atoms with E-state index in [0.29, 0.717) is 33.6 Å². The molecule has 1 aliphatic carbocycles. The highest BCUT2D eigenvalue weighted by atomic mass is 35.5.